The van der Waals surface area contributed by atoms with Crippen molar-refractivity contribution in [3.8, 4) is 11.1 Å². The summed E-state index contributed by atoms with van der Waals surface area (Å²) in [5.41, 5.74) is 5.07. The van der Waals surface area contributed by atoms with Crippen molar-refractivity contribution in [1.82, 2.24) is 0 Å². The number of hydrogen-bond acceptors (Lipinski definition) is 2. The van der Waals surface area contributed by atoms with Crippen molar-refractivity contribution >= 4 is 11.6 Å². The number of carbonyl (C=O) groups excluding carboxylic acids is 2. The van der Waals surface area contributed by atoms with Crippen molar-refractivity contribution in [1.29, 1.82) is 0 Å². The van der Waals surface area contributed by atoms with E-state index in [0.29, 0.717) is 12.8 Å². The van der Waals surface area contributed by atoms with Crippen LogP contribution in [0.5, 0.6) is 0 Å². The lowest BCUT2D eigenvalue weighted by atomic mass is 9.83. The van der Waals surface area contributed by atoms with Gasteiger partial charge < -0.3 is 4.79 Å². The van der Waals surface area contributed by atoms with Crippen LogP contribution in [0.25, 0.3) is 11.1 Å². The Morgan fingerprint density at radius 2 is 1.41 bits per heavy atom. The van der Waals surface area contributed by atoms with Crippen LogP contribution >= 0.6 is 0 Å². The molecule has 0 saturated carbocycles. The number of carbonyl (C=O) groups is 2. The van der Waals surface area contributed by atoms with Gasteiger partial charge in [0.2, 0.25) is 0 Å². The molecule has 1 atom stereocenters. The summed E-state index contributed by atoms with van der Waals surface area (Å²) in [7, 11) is 0. The first kappa shape index (κ1) is 14.7. The summed E-state index contributed by atoms with van der Waals surface area (Å²) in [6.07, 6.45) is 1.05. The van der Waals surface area contributed by atoms with E-state index in [9.17, 15) is 9.59 Å². The van der Waals surface area contributed by atoms with E-state index in [2.05, 4.69) is 36.4 Å². The molecule has 0 bridgehead atoms. The molecule has 2 heteroatoms. The summed E-state index contributed by atoms with van der Waals surface area (Å²) in [6.45, 7) is 3.16. The van der Waals surface area contributed by atoms with E-state index >= 15 is 0 Å². The van der Waals surface area contributed by atoms with Crippen molar-refractivity contribution in [2.45, 2.75) is 32.6 Å². The quantitative estimate of drug-likeness (QED) is 0.820. The number of fused-ring (bicyclic) bond motifs is 3. The van der Waals surface area contributed by atoms with Gasteiger partial charge in [0.15, 0.2) is 0 Å². The minimum absolute atomic E-state index is 0.0831. The second-order valence-corrected chi connectivity index (χ2v) is 6.18. The van der Waals surface area contributed by atoms with Crippen LogP contribution in [0.15, 0.2) is 48.5 Å². The number of hydrogen-bond donors (Lipinski definition) is 0. The van der Waals surface area contributed by atoms with Crippen molar-refractivity contribution < 1.29 is 9.59 Å². The predicted octanol–water partition coefficient (Wildman–Crippen LogP) is 4.37. The van der Waals surface area contributed by atoms with Gasteiger partial charge in [-0.1, -0.05) is 48.5 Å². The predicted molar refractivity (Wildman–Crippen MR) is 87.8 cm³/mol. The van der Waals surface area contributed by atoms with Crippen molar-refractivity contribution in [2.75, 3.05) is 0 Å². The van der Waals surface area contributed by atoms with Crippen LogP contribution in [0, 0.1) is 5.92 Å². The Labute approximate surface area is 131 Å². The van der Waals surface area contributed by atoms with Crippen LogP contribution in [0.1, 0.15) is 43.7 Å². The van der Waals surface area contributed by atoms with Crippen LogP contribution in [-0.2, 0) is 9.59 Å². The fourth-order valence-corrected chi connectivity index (χ4v) is 3.54. The maximum Gasteiger partial charge on any atom is 0.133 e. The molecule has 112 valence electrons. The van der Waals surface area contributed by atoms with E-state index in [1.54, 1.807) is 13.8 Å². The molecule has 0 radical (unpaired) electrons. The minimum Gasteiger partial charge on any atom is -0.300 e. The molecule has 0 saturated heterocycles. The third-order valence-electron chi connectivity index (χ3n) is 4.59. The molecule has 0 aromatic heterocycles. The average molecular weight is 292 g/mol. The molecule has 0 N–H and O–H groups in total. The number of Topliss-reactive ketones (excluding diaryl/α,β-unsaturated/α-hetero) is 2. The molecule has 2 aromatic carbocycles. The van der Waals surface area contributed by atoms with Gasteiger partial charge in [-0.2, -0.15) is 0 Å². The van der Waals surface area contributed by atoms with E-state index in [1.165, 1.54) is 22.3 Å². The Kier molecular flexibility index (Phi) is 3.93. The molecule has 0 spiro atoms. The number of ketones is 2. The summed E-state index contributed by atoms with van der Waals surface area (Å²) in [4.78, 5) is 23.4. The zero-order valence-corrected chi connectivity index (χ0v) is 13.0. The summed E-state index contributed by atoms with van der Waals surface area (Å²) >= 11 is 0. The lowest BCUT2D eigenvalue weighted by molar-refractivity contribution is -0.126. The third-order valence-corrected chi connectivity index (χ3v) is 4.59. The monoisotopic (exact) mass is 292 g/mol. The van der Waals surface area contributed by atoms with Gasteiger partial charge in [-0.05, 0) is 42.5 Å². The molecule has 0 aliphatic heterocycles. The highest BCUT2D eigenvalue weighted by Crippen LogP contribution is 2.47. The zero-order valence-electron chi connectivity index (χ0n) is 13.0. The second-order valence-electron chi connectivity index (χ2n) is 6.18. The van der Waals surface area contributed by atoms with E-state index < -0.39 is 0 Å². The molecule has 1 aliphatic rings. The maximum atomic E-state index is 11.9. The molecule has 1 unspecified atom stereocenters. The lowest BCUT2D eigenvalue weighted by Crippen LogP contribution is -2.17. The molecular weight excluding hydrogens is 272 g/mol. The Balaban J connectivity index is 2.00. The Bertz CT molecular complexity index is 684. The highest BCUT2D eigenvalue weighted by atomic mass is 16.1. The molecule has 3 rings (SSSR count). The van der Waals surface area contributed by atoms with Gasteiger partial charge in [0.25, 0.3) is 0 Å². The normalized spacial score (nSPS) is 14.3. The van der Waals surface area contributed by atoms with Crippen LogP contribution in [0.4, 0.5) is 0 Å². The van der Waals surface area contributed by atoms with Crippen LogP contribution in [0.2, 0.25) is 0 Å². The highest BCUT2D eigenvalue weighted by Gasteiger charge is 2.31. The Morgan fingerprint density at radius 3 is 1.86 bits per heavy atom. The van der Waals surface area contributed by atoms with E-state index in [-0.39, 0.29) is 23.4 Å². The molecule has 2 aromatic rings. The van der Waals surface area contributed by atoms with Gasteiger partial charge in [0.05, 0.1) is 0 Å². The molecule has 2 nitrogen and oxygen atoms in total. The smallest absolute Gasteiger partial charge is 0.133 e. The molecule has 0 amide bonds. The van der Waals surface area contributed by atoms with Gasteiger partial charge in [0, 0.05) is 18.3 Å². The first-order valence-electron chi connectivity index (χ1n) is 7.76. The lowest BCUT2D eigenvalue weighted by Gasteiger charge is -2.19. The summed E-state index contributed by atoms with van der Waals surface area (Å²) < 4.78 is 0. The number of rotatable bonds is 5. The van der Waals surface area contributed by atoms with Gasteiger partial charge in [-0.15, -0.1) is 0 Å². The SMILES string of the molecule is CC(=O)CC(CC1c2ccccc2-c2ccccc21)C(C)=O. The first-order valence-corrected chi connectivity index (χ1v) is 7.76. The highest BCUT2D eigenvalue weighted by molar-refractivity contribution is 5.86. The average Bonchev–Trinajstić information content (AvgIpc) is 2.81. The fourth-order valence-electron chi connectivity index (χ4n) is 3.54. The van der Waals surface area contributed by atoms with Gasteiger partial charge in [-0.3, -0.25) is 4.79 Å². The van der Waals surface area contributed by atoms with Crippen LogP contribution in [-0.4, -0.2) is 11.6 Å². The summed E-state index contributed by atoms with van der Waals surface area (Å²) in [6, 6.07) is 16.8. The molecule has 1 aliphatic carbocycles. The van der Waals surface area contributed by atoms with Gasteiger partial charge in [-0.25, -0.2) is 0 Å². The molecule has 0 fully saturated rings. The molecule has 22 heavy (non-hydrogen) atoms. The third kappa shape index (κ3) is 2.61. The van der Waals surface area contributed by atoms with E-state index in [1.807, 2.05) is 12.1 Å². The molecular formula is C20H20O2. The van der Waals surface area contributed by atoms with Crippen molar-refractivity contribution in [3.63, 3.8) is 0 Å². The Morgan fingerprint density at radius 1 is 0.909 bits per heavy atom. The van der Waals surface area contributed by atoms with Gasteiger partial charge in [0.1, 0.15) is 11.6 Å². The first-order chi connectivity index (χ1) is 10.6. The summed E-state index contributed by atoms with van der Waals surface area (Å²) in [5, 5.41) is 0. The topological polar surface area (TPSA) is 34.1 Å². The second kappa shape index (κ2) is 5.88. The summed E-state index contributed by atoms with van der Waals surface area (Å²) in [5.74, 6) is 0.208. The van der Waals surface area contributed by atoms with Crippen molar-refractivity contribution in [3.05, 3.63) is 59.7 Å². The van der Waals surface area contributed by atoms with Gasteiger partial charge >= 0.3 is 0 Å². The number of benzene rings is 2. The van der Waals surface area contributed by atoms with Crippen LogP contribution < -0.4 is 0 Å². The molecule has 0 heterocycles. The van der Waals surface area contributed by atoms with Crippen molar-refractivity contribution in [2.24, 2.45) is 5.92 Å². The zero-order chi connectivity index (χ0) is 15.7. The maximum absolute atomic E-state index is 11.9. The van der Waals surface area contributed by atoms with E-state index in [4.69, 9.17) is 0 Å². The fraction of sp³-hybridized carbons (Fsp3) is 0.300. The minimum atomic E-state index is -0.193. The standard InChI is InChI=1S/C20H20O2/c1-13(21)11-15(14(2)22)12-20-18-9-5-3-7-16(18)17-8-4-6-10-19(17)20/h3-10,15,20H,11-12H2,1-2H3. The van der Waals surface area contributed by atoms with Crippen LogP contribution in [0.3, 0.4) is 0 Å². The largest absolute Gasteiger partial charge is 0.300 e. The Hall–Kier alpha value is -2.22. The van der Waals surface area contributed by atoms with E-state index in [0.717, 1.165) is 0 Å².